The number of rotatable bonds is 2. The fraction of sp³-hybridized carbons (Fsp3) is 0.500. The fourth-order valence-corrected chi connectivity index (χ4v) is 1.29. The van der Waals surface area contributed by atoms with E-state index in [1.165, 1.54) is 4.90 Å². The number of aromatic nitrogens is 1. The normalized spacial score (nSPS) is 11.1. The molecule has 1 rings (SSSR count). The summed E-state index contributed by atoms with van der Waals surface area (Å²) < 4.78 is 5.24. The fourth-order valence-electron chi connectivity index (χ4n) is 1.18. The Morgan fingerprint density at radius 2 is 2.12 bits per heavy atom. The van der Waals surface area contributed by atoms with Gasteiger partial charge in [-0.25, -0.2) is 9.78 Å². The molecule has 0 N–H and O–H groups in total. The van der Waals surface area contributed by atoms with Gasteiger partial charge in [-0.15, -0.1) is 0 Å². The molecule has 0 atom stereocenters. The number of nitrogens with zero attached hydrogens (tertiary/aromatic N) is 2. The number of pyridine rings is 1. The Morgan fingerprint density at radius 3 is 2.59 bits per heavy atom. The summed E-state index contributed by atoms with van der Waals surface area (Å²) in [6, 6.07) is 3.52. The zero-order valence-electron chi connectivity index (χ0n) is 10.5. The van der Waals surface area contributed by atoms with E-state index in [9.17, 15) is 4.79 Å². The van der Waals surface area contributed by atoms with Crippen LogP contribution in [0.25, 0.3) is 0 Å². The van der Waals surface area contributed by atoms with Crippen LogP contribution in [0.15, 0.2) is 18.3 Å². The molecule has 1 aromatic heterocycles. The predicted molar refractivity (Wildman–Crippen MR) is 66.9 cm³/mol. The first-order valence-electron chi connectivity index (χ1n) is 5.32. The zero-order chi connectivity index (χ0) is 13.1. The van der Waals surface area contributed by atoms with E-state index in [1.54, 1.807) is 19.3 Å². The highest BCUT2D eigenvalue weighted by atomic mass is 35.5. The monoisotopic (exact) mass is 256 g/mol. The molecule has 0 aliphatic heterocycles. The Morgan fingerprint density at radius 1 is 1.47 bits per heavy atom. The number of hydrogen-bond donors (Lipinski definition) is 0. The van der Waals surface area contributed by atoms with Crippen LogP contribution in [-0.2, 0) is 11.3 Å². The lowest BCUT2D eigenvalue weighted by atomic mass is 10.2. The predicted octanol–water partition coefficient (Wildman–Crippen LogP) is 3.10. The van der Waals surface area contributed by atoms with Crippen molar-refractivity contribution in [3.05, 3.63) is 29.0 Å². The molecule has 0 unspecified atom stereocenters. The van der Waals surface area contributed by atoms with Crippen LogP contribution >= 0.6 is 11.6 Å². The minimum absolute atomic E-state index is 0.354. The largest absolute Gasteiger partial charge is 0.444 e. The second-order valence-corrected chi connectivity index (χ2v) is 5.21. The molecule has 0 radical (unpaired) electrons. The first kappa shape index (κ1) is 13.8. The van der Waals surface area contributed by atoms with Crippen LogP contribution < -0.4 is 0 Å². The molecule has 94 valence electrons. The summed E-state index contributed by atoms with van der Waals surface area (Å²) in [7, 11) is 1.68. The summed E-state index contributed by atoms with van der Waals surface area (Å²) in [4.78, 5) is 17.1. The third-order valence-electron chi connectivity index (χ3n) is 1.91. The molecule has 0 saturated carbocycles. The lowest BCUT2D eigenvalue weighted by Crippen LogP contribution is -2.33. The van der Waals surface area contributed by atoms with Crippen molar-refractivity contribution in [2.75, 3.05) is 7.05 Å². The van der Waals surface area contributed by atoms with Gasteiger partial charge in [-0.2, -0.15) is 0 Å². The van der Waals surface area contributed by atoms with Gasteiger partial charge in [-0.1, -0.05) is 17.7 Å². The number of hydrogen-bond acceptors (Lipinski definition) is 3. The average Bonchev–Trinajstić information content (AvgIpc) is 2.19. The smallest absolute Gasteiger partial charge is 0.410 e. The van der Waals surface area contributed by atoms with E-state index in [0.29, 0.717) is 11.7 Å². The Balaban J connectivity index is 2.57. The molecule has 0 bridgehead atoms. The van der Waals surface area contributed by atoms with Gasteiger partial charge in [0.25, 0.3) is 0 Å². The molecule has 1 aromatic rings. The minimum Gasteiger partial charge on any atom is -0.444 e. The summed E-state index contributed by atoms with van der Waals surface area (Å²) in [5.74, 6) is 0. The van der Waals surface area contributed by atoms with E-state index in [-0.39, 0.29) is 6.09 Å². The zero-order valence-corrected chi connectivity index (χ0v) is 11.3. The van der Waals surface area contributed by atoms with Gasteiger partial charge in [-0.05, 0) is 32.4 Å². The van der Waals surface area contributed by atoms with Gasteiger partial charge in [0.2, 0.25) is 0 Å². The van der Waals surface area contributed by atoms with Crippen LogP contribution in [0.2, 0.25) is 5.15 Å². The Hall–Kier alpha value is -1.29. The maximum Gasteiger partial charge on any atom is 0.410 e. The van der Waals surface area contributed by atoms with Crippen molar-refractivity contribution in [1.82, 2.24) is 9.88 Å². The summed E-state index contributed by atoms with van der Waals surface area (Å²) in [6.07, 6.45) is 1.29. The SMILES string of the molecule is CN(Cc1ccc(Cl)nc1)C(=O)OC(C)(C)C. The van der Waals surface area contributed by atoms with E-state index in [0.717, 1.165) is 5.56 Å². The molecule has 0 aromatic carbocycles. The standard InChI is InChI=1S/C12H17ClN2O2/c1-12(2,3)17-11(16)15(4)8-9-5-6-10(13)14-7-9/h5-7H,8H2,1-4H3. The van der Waals surface area contributed by atoms with Gasteiger partial charge in [0, 0.05) is 13.2 Å². The van der Waals surface area contributed by atoms with Crippen molar-refractivity contribution in [3.8, 4) is 0 Å². The molecular formula is C12H17ClN2O2. The van der Waals surface area contributed by atoms with Crippen molar-refractivity contribution in [2.24, 2.45) is 0 Å². The van der Waals surface area contributed by atoms with Crippen LogP contribution in [0.5, 0.6) is 0 Å². The van der Waals surface area contributed by atoms with Crippen molar-refractivity contribution in [2.45, 2.75) is 32.9 Å². The maximum absolute atomic E-state index is 11.7. The van der Waals surface area contributed by atoms with Crippen LogP contribution in [-0.4, -0.2) is 28.6 Å². The number of ether oxygens (including phenoxy) is 1. The van der Waals surface area contributed by atoms with Crippen molar-refractivity contribution >= 4 is 17.7 Å². The van der Waals surface area contributed by atoms with E-state index in [2.05, 4.69) is 4.98 Å². The molecule has 0 aliphatic rings. The van der Waals surface area contributed by atoms with Crippen molar-refractivity contribution in [3.63, 3.8) is 0 Å². The third kappa shape index (κ3) is 5.04. The Labute approximate surface area is 107 Å². The lowest BCUT2D eigenvalue weighted by molar-refractivity contribution is 0.0285. The molecule has 1 heterocycles. The number of amides is 1. The van der Waals surface area contributed by atoms with Crippen molar-refractivity contribution < 1.29 is 9.53 Å². The molecule has 17 heavy (non-hydrogen) atoms. The molecule has 0 aliphatic carbocycles. The van der Waals surface area contributed by atoms with Gasteiger partial charge in [-0.3, -0.25) is 0 Å². The van der Waals surface area contributed by atoms with Gasteiger partial charge in [0.1, 0.15) is 10.8 Å². The summed E-state index contributed by atoms with van der Waals surface area (Å²) in [5.41, 5.74) is 0.423. The number of carbonyl (C=O) groups is 1. The molecule has 4 nitrogen and oxygen atoms in total. The average molecular weight is 257 g/mol. The maximum atomic E-state index is 11.7. The summed E-state index contributed by atoms with van der Waals surface area (Å²) in [5, 5.41) is 0.439. The van der Waals surface area contributed by atoms with Crippen molar-refractivity contribution in [1.29, 1.82) is 0 Å². The summed E-state index contributed by atoms with van der Waals surface area (Å²) >= 11 is 5.68. The van der Waals surface area contributed by atoms with Crippen LogP contribution in [0, 0.1) is 0 Å². The molecule has 5 heteroatoms. The van der Waals surface area contributed by atoms with Gasteiger partial charge >= 0.3 is 6.09 Å². The summed E-state index contributed by atoms with van der Waals surface area (Å²) in [6.45, 7) is 5.95. The van der Waals surface area contributed by atoms with Gasteiger partial charge in [0.15, 0.2) is 0 Å². The van der Waals surface area contributed by atoms with E-state index >= 15 is 0 Å². The number of carbonyl (C=O) groups excluding carboxylic acids is 1. The van der Waals surface area contributed by atoms with Gasteiger partial charge in [0.05, 0.1) is 6.54 Å². The van der Waals surface area contributed by atoms with E-state index in [4.69, 9.17) is 16.3 Å². The van der Waals surface area contributed by atoms with Crippen LogP contribution in [0.3, 0.4) is 0 Å². The third-order valence-corrected chi connectivity index (χ3v) is 2.14. The van der Waals surface area contributed by atoms with E-state index in [1.807, 2.05) is 26.8 Å². The van der Waals surface area contributed by atoms with E-state index < -0.39 is 5.60 Å². The highest BCUT2D eigenvalue weighted by Gasteiger charge is 2.19. The first-order chi connectivity index (χ1) is 7.78. The quantitative estimate of drug-likeness (QED) is 0.764. The molecule has 0 fully saturated rings. The van der Waals surface area contributed by atoms with Crippen LogP contribution in [0.4, 0.5) is 4.79 Å². The molecule has 0 saturated heterocycles. The Kier molecular flexibility index (Phi) is 4.34. The molecular weight excluding hydrogens is 240 g/mol. The minimum atomic E-state index is -0.483. The highest BCUT2D eigenvalue weighted by Crippen LogP contribution is 2.12. The number of halogens is 1. The second-order valence-electron chi connectivity index (χ2n) is 4.83. The topological polar surface area (TPSA) is 42.4 Å². The highest BCUT2D eigenvalue weighted by molar-refractivity contribution is 6.29. The first-order valence-corrected chi connectivity index (χ1v) is 5.70. The van der Waals surface area contributed by atoms with Crippen LogP contribution in [0.1, 0.15) is 26.3 Å². The Bertz CT molecular complexity index is 384. The second kappa shape index (κ2) is 5.36. The lowest BCUT2D eigenvalue weighted by Gasteiger charge is -2.24. The molecule has 0 spiro atoms. The van der Waals surface area contributed by atoms with Gasteiger partial charge < -0.3 is 9.64 Å². The molecule has 1 amide bonds.